The standard InChI is InChI=1S/C17H24F3N/c1-2-11-21-16(9-6-10-17(18,19)20)15-12-14(15)13-7-4-3-5-8-13/h3-5,7-8,14-16,21H,2,6,9-12H2,1H3. The second-order valence-electron chi connectivity index (χ2n) is 5.98. The summed E-state index contributed by atoms with van der Waals surface area (Å²) in [6.07, 6.45) is -1.75. The molecule has 1 N–H and O–H groups in total. The molecule has 1 aromatic rings. The molecule has 3 unspecified atom stereocenters. The number of hydrogen-bond acceptors (Lipinski definition) is 1. The van der Waals surface area contributed by atoms with Crippen molar-refractivity contribution < 1.29 is 13.2 Å². The minimum Gasteiger partial charge on any atom is -0.314 e. The number of alkyl halides is 3. The van der Waals surface area contributed by atoms with Gasteiger partial charge in [0.15, 0.2) is 0 Å². The van der Waals surface area contributed by atoms with Crippen molar-refractivity contribution >= 4 is 0 Å². The second kappa shape index (κ2) is 7.30. The van der Waals surface area contributed by atoms with Crippen LogP contribution in [0, 0.1) is 5.92 Å². The molecule has 1 saturated carbocycles. The topological polar surface area (TPSA) is 12.0 Å². The Morgan fingerprint density at radius 2 is 1.95 bits per heavy atom. The monoisotopic (exact) mass is 299 g/mol. The number of nitrogens with one attached hydrogen (secondary N) is 1. The van der Waals surface area contributed by atoms with Crippen LogP contribution >= 0.6 is 0 Å². The molecule has 3 atom stereocenters. The van der Waals surface area contributed by atoms with Gasteiger partial charge in [-0.3, -0.25) is 0 Å². The molecule has 1 aromatic carbocycles. The van der Waals surface area contributed by atoms with E-state index in [4.69, 9.17) is 0 Å². The van der Waals surface area contributed by atoms with Gasteiger partial charge in [0.1, 0.15) is 0 Å². The van der Waals surface area contributed by atoms with E-state index in [9.17, 15) is 13.2 Å². The molecule has 1 fully saturated rings. The molecular formula is C17H24F3N. The van der Waals surface area contributed by atoms with Gasteiger partial charge in [-0.15, -0.1) is 0 Å². The average Bonchev–Trinajstić information content (AvgIpc) is 3.23. The van der Waals surface area contributed by atoms with Gasteiger partial charge < -0.3 is 5.32 Å². The van der Waals surface area contributed by atoms with Crippen molar-refractivity contribution in [3.63, 3.8) is 0 Å². The van der Waals surface area contributed by atoms with Crippen molar-refractivity contribution in [2.24, 2.45) is 5.92 Å². The van der Waals surface area contributed by atoms with E-state index < -0.39 is 12.6 Å². The predicted octanol–water partition coefficient (Wildman–Crippen LogP) is 4.89. The Bertz CT molecular complexity index is 416. The van der Waals surface area contributed by atoms with Crippen LogP contribution in [-0.4, -0.2) is 18.8 Å². The van der Waals surface area contributed by atoms with Gasteiger partial charge >= 0.3 is 6.18 Å². The van der Waals surface area contributed by atoms with Crippen LogP contribution in [0.15, 0.2) is 30.3 Å². The molecule has 1 aliphatic carbocycles. The van der Waals surface area contributed by atoms with Gasteiger partial charge in [-0.25, -0.2) is 0 Å². The van der Waals surface area contributed by atoms with Crippen LogP contribution < -0.4 is 5.32 Å². The summed E-state index contributed by atoms with van der Waals surface area (Å²) in [4.78, 5) is 0. The van der Waals surface area contributed by atoms with Gasteiger partial charge in [-0.2, -0.15) is 13.2 Å². The highest BCUT2D eigenvalue weighted by Gasteiger charge is 2.43. The Morgan fingerprint density at radius 1 is 1.24 bits per heavy atom. The maximum absolute atomic E-state index is 12.3. The molecule has 0 aromatic heterocycles. The fraction of sp³-hybridized carbons (Fsp3) is 0.647. The number of hydrogen-bond donors (Lipinski definition) is 1. The smallest absolute Gasteiger partial charge is 0.314 e. The highest BCUT2D eigenvalue weighted by Crippen LogP contribution is 2.50. The fourth-order valence-corrected chi connectivity index (χ4v) is 3.06. The molecule has 1 aliphatic rings. The lowest BCUT2D eigenvalue weighted by molar-refractivity contribution is -0.135. The Kier molecular flexibility index (Phi) is 5.68. The van der Waals surface area contributed by atoms with Gasteiger partial charge in [0.2, 0.25) is 0 Å². The number of halogens is 3. The molecule has 0 saturated heterocycles. The molecule has 0 spiro atoms. The minimum atomic E-state index is -4.03. The lowest BCUT2D eigenvalue weighted by atomic mass is 10.0. The van der Waals surface area contributed by atoms with Crippen LogP contribution in [0.5, 0.6) is 0 Å². The van der Waals surface area contributed by atoms with E-state index in [-0.39, 0.29) is 12.5 Å². The highest BCUT2D eigenvalue weighted by molar-refractivity contribution is 5.26. The van der Waals surface area contributed by atoms with Gasteiger partial charge in [0.05, 0.1) is 0 Å². The highest BCUT2D eigenvalue weighted by atomic mass is 19.4. The van der Waals surface area contributed by atoms with Crippen LogP contribution in [0.4, 0.5) is 13.2 Å². The van der Waals surface area contributed by atoms with E-state index >= 15 is 0 Å². The zero-order valence-electron chi connectivity index (χ0n) is 12.5. The Balaban J connectivity index is 1.86. The quantitative estimate of drug-likeness (QED) is 0.720. The van der Waals surface area contributed by atoms with Crippen LogP contribution in [-0.2, 0) is 0 Å². The summed E-state index contributed by atoms with van der Waals surface area (Å²) in [6, 6.07) is 10.5. The molecule has 1 nitrogen and oxygen atoms in total. The molecule has 0 radical (unpaired) electrons. The van der Waals surface area contributed by atoms with Gasteiger partial charge in [0.25, 0.3) is 0 Å². The Morgan fingerprint density at radius 3 is 2.57 bits per heavy atom. The number of rotatable bonds is 8. The van der Waals surface area contributed by atoms with Crippen molar-refractivity contribution in [3.05, 3.63) is 35.9 Å². The number of benzene rings is 1. The molecule has 118 valence electrons. The first-order valence-corrected chi connectivity index (χ1v) is 7.86. The van der Waals surface area contributed by atoms with Crippen LogP contribution in [0.25, 0.3) is 0 Å². The summed E-state index contributed by atoms with van der Waals surface area (Å²) in [5.41, 5.74) is 1.32. The maximum Gasteiger partial charge on any atom is 0.389 e. The molecule has 2 rings (SSSR count). The van der Waals surface area contributed by atoms with Crippen molar-refractivity contribution in [2.75, 3.05) is 6.54 Å². The summed E-state index contributed by atoms with van der Waals surface area (Å²) in [6.45, 7) is 2.97. The molecule has 21 heavy (non-hydrogen) atoms. The van der Waals surface area contributed by atoms with E-state index in [1.807, 2.05) is 18.2 Å². The summed E-state index contributed by atoms with van der Waals surface area (Å²) in [7, 11) is 0. The summed E-state index contributed by atoms with van der Waals surface area (Å²) in [5, 5.41) is 3.45. The molecule has 4 heteroatoms. The summed E-state index contributed by atoms with van der Waals surface area (Å²) < 4.78 is 36.9. The largest absolute Gasteiger partial charge is 0.389 e. The molecular weight excluding hydrogens is 275 g/mol. The average molecular weight is 299 g/mol. The molecule has 0 heterocycles. The molecule has 0 amide bonds. The van der Waals surface area contributed by atoms with E-state index in [0.29, 0.717) is 18.3 Å². The fourth-order valence-electron chi connectivity index (χ4n) is 3.06. The minimum absolute atomic E-state index is 0.220. The maximum atomic E-state index is 12.3. The third-order valence-corrected chi connectivity index (χ3v) is 4.22. The SMILES string of the molecule is CCCNC(CCCC(F)(F)F)C1CC1c1ccccc1. The lowest BCUT2D eigenvalue weighted by Crippen LogP contribution is -2.32. The Labute approximate surface area is 124 Å². The summed E-state index contributed by atoms with van der Waals surface area (Å²) >= 11 is 0. The zero-order valence-corrected chi connectivity index (χ0v) is 12.5. The normalized spacial score (nSPS) is 23.0. The van der Waals surface area contributed by atoms with Crippen LogP contribution in [0.1, 0.15) is 50.5 Å². The van der Waals surface area contributed by atoms with Crippen molar-refractivity contribution in [1.29, 1.82) is 0 Å². The van der Waals surface area contributed by atoms with E-state index in [2.05, 4.69) is 24.4 Å². The first-order chi connectivity index (χ1) is 10.0. The van der Waals surface area contributed by atoms with Crippen molar-refractivity contribution in [3.8, 4) is 0 Å². The first kappa shape index (κ1) is 16.3. The van der Waals surface area contributed by atoms with E-state index in [0.717, 1.165) is 19.4 Å². The Hall–Kier alpha value is -1.03. The van der Waals surface area contributed by atoms with Crippen molar-refractivity contribution in [1.82, 2.24) is 5.32 Å². The van der Waals surface area contributed by atoms with E-state index in [1.165, 1.54) is 5.56 Å². The predicted molar refractivity (Wildman–Crippen MR) is 79.3 cm³/mol. The molecule has 0 aliphatic heterocycles. The van der Waals surface area contributed by atoms with E-state index in [1.54, 1.807) is 0 Å². The molecule has 0 bridgehead atoms. The zero-order chi connectivity index (χ0) is 15.3. The van der Waals surface area contributed by atoms with Crippen molar-refractivity contribution in [2.45, 2.75) is 57.2 Å². The van der Waals surface area contributed by atoms with Crippen LogP contribution in [0.3, 0.4) is 0 Å². The lowest BCUT2D eigenvalue weighted by Gasteiger charge is -2.19. The van der Waals surface area contributed by atoms with Crippen LogP contribution in [0.2, 0.25) is 0 Å². The second-order valence-corrected chi connectivity index (χ2v) is 5.98. The summed E-state index contributed by atoms with van der Waals surface area (Å²) in [5.74, 6) is 1.01. The van der Waals surface area contributed by atoms with Gasteiger partial charge in [-0.1, -0.05) is 37.3 Å². The third kappa shape index (κ3) is 5.34. The first-order valence-electron chi connectivity index (χ1n) is 7.86. The van der Waals surface area contributed by atoms with Gasteiger partial charge in [0, 0.05) is 12.5 Å². The van der Waals surface area contributed by atoms with Gasteiger partial charge in [-0.05, 0) is 49.6 Å². The third-order valence-electron chi connectivity index (χ3n) is 4.22.